The molecule has 0 radical (unpaired) electrons. The van der Waals surface area contributed by atoms with Crippen LogP contribution in [0.1, 0.15) is 78.3 Å². The molecule has 4 aliphatic rings. The van der Waals surface area contributed by atoms with E-state index in [4.69, 9.17) is 14.6 Å². The molecule has 2 N–H and O–H groups in total. The van der Waals surface area contributed by atoms with Crippen LogP contribution in [0.2, 0.25) is 0 Å². The molecule has 262 valence electrons. The van der Waals surface area contributed by atoms with Gasteiger partial charge in [-0.15, -0.1) is 0 Å². The third-order valence-electron chi connectivity index (χ3n) is 11.1. The summed E-state index contributed by atoms with van der Waals surface area (Å²) in [6, 6.07) is 12.7. The molecule has 3 aromatic rings. The highest BCUT2D eigenvalue weighted by molar-refractivity contribution is 5.98. The van der Waals surface area contributed by atoms with Gasteiger partial charge in [-0.1, -0.05) is 19.9 Å². The summed E-state index contributed by atoms with van der Waals surface area (Å²) in [6.45, 7) is 5.62. The van der Waals surface area contributed by atoms with Gasteiger partial charge >= 0.3 is 5.97 Å². The zero-order valence-electron chi connectivity index (χ0n) is 29.7. The van der Waals surface area contributed by atoms with Crippen LogP contribution in [0, 0.1) is 23.7 Å². The summed E-state index contributed by atoms with van der Waals surface area (Å²) in [4.78, 5) is 44.5. The normalized spacial score (nSPS) is 23.7. The van der Waals surface area contributed by atoms with Crippen LogP contribution in [0.3, 0.4) is 0 Å². The summed E-state index contributed by atoms with van der Waals surface area (Å²) >= 11 is 0. The number of hydrogen-bond acceptors (Lipinski definition) is 7. The number of carboxylic acids is 1. The van der Waals surface area contributed by atoms with E-state index in [-0.39, 0.29) is 29.4 Å². The average Bonchev–Trinajstić information content (AvgIpc) is 3.71. The van der Waals surface area contributed by atoms with Gasteiger partial charge in [-0.3, -0.25) is 9.59 Å². The van der Waals surface area contributed by atoms with Crippen molar-refractivity contribution in [3.63, 3.8) is 0 Å². The van der Waals surface area contributed by atoms with Gasteiger partial charge in [0, 0.05) is 19.2 Å². The SMILES string of the molecule is COc1cccc(OC)c1-c1cc(C(=O)NC2(C(=O)O)C3CC4CC(C3)C2C4)nn1-c1ccc(C(=O)N(C)CCCN(C)C)cc1C(C)C. The Labute approximate surface area is 288 Å². The van der Waals surface area contributed by atoms with Gasteiger partial charge in [0.1, 0.15) is 17.0 Å². The van der Waals surface area contributed by atoms with Crippen molar-refractivity contribution in [2.24, 2.45) is 23.7 Å². The number of carboxylic acid groups (broad SMARTS) is 1. The molecule has 7 rings (SSSR count). The zero-order valence-corrected chi connectivity index (χ0v) is 29.7. The summed E-state index contributed by atoms with van der Waals surface area (Å²) in [5.41, 5.74) is 2.05. The topological polar surface area (TPSA) is 126 Å². The number of nitrogens with zero attached hydrogens (tertiary/aromatic N) is 4. The maximum atomic E-state index is 14.2. The van der Waals surface area contributed by atoms with E-state index in [1.165, 1.54) is 0 Å². The predicted molar refractivity (Wildman–Crippen MR) is 187 cm³/mol. The van der Waals surface area contributed by atoms with E-state index in [1.807, 2.05) is 51.5 Å². The second-order valence-electron chi connectivity index (χ2n) is 14.7. The minimum atomic E-state index is -1.30. The van der Waals surface area contributed by atoms with E-state index in [0.29, 0.717) is 52.4 Å². The molecule has 5 atom stereocenters. The van der Waals surface area contributed by atoms with Gasteiger partial charge in [0.2, 0.25) is 0 Å². The quantitative estimate of drug-likeness (QED) is 0.250. The van der Waals surface area contributed by atoms with Crippen LogP contribution in [0.15, 0.2) is 42.5 Å². The van der Waals surface area contributed by atoms with Gasteiger partial charge in [0.15, 0.2) is 5.69 Å². The average molecular weight is 672 g/mol. The maximum absolute atomic E-state index is 14.2. The molecule has 4 bridgehead atoms. The van der Waals surface area contributed by atoms with Crippen LogP contribution in [0.4, 0.5) is 0 Å². The number of methoxy groups -OCH3 is 2. The summed E-state index contributed by atoms with van der Waals surface area (Å²) in [6.07, 6.45) is 4.39. The lowest BCUT2D eigenvalue weighted by Crippen LogP contribution is -2.62. The highest BCUT2D eigenvalue weighted by atomic mass is 16.5. The molecule has 1 aromatic heterocycles. The second kappa shape index (κ2) is 13.5. The lowest BCUT2D eigenvalue weighted by molar-refractivity contribution is -0.149. The van der Waals surface area contributed by atoms with E-state index < -0.39 is 17.4 Å². The third kappa shape index (κ3) is 6.06. The molecule has 0 spiro atoms. The van der Waals surface area contributed by atoms with Crippen LogP contribution in [0.25, 0.3) is 16.9 Å². The Balaban J connectivity index is 1.43. The minimum absolute atomic E-state index is 0.00433. The largest absolute Gasteiger partial charge is 0.496 e. The molecule has 0 saturated heterocycles. The van der Waals surface area contributed by atoms with Gasteiger partial charge in [-0.2, -0.15) is 5.10 Å². The van der Waals surface area contributed by atoms with Gasteiger partial charge in [0.05, 0.1) is 31.2 Å². The van der Waals surface area contributed by atoms with Crippen molar-refractivity contribution in [1.82, 2.24) is 24.9 Å². The van der Waals surface area contributed by atoms with Crippen LogP contribution in [0.5, 0.6) is 11.5 Å². The van der Waals surface area contributed by atoms with Gasteiger partial charge in [0.25, 0.3) is 11.8 Å². The van der Waals surface area contributed by atoms with E-state index in [1.54, 1.807) is 35.9 Å². The molecule has 1 heterocycles. The Kier molecular flexibility index (Phi) is 9.50. The molecule has 4 aliphatic carbocycles. The molecule has 0 aliphatic heterocycles. The smallest absolute Gasteiger partial charge is 0.330 e. The summed E-state index contributed by atoms with van der Waals surface area (Å²) in [5.74, 6) is 0.195. The van der Waals surface area contributed by atoms with Crippen molar-refractivity contribution in [1.29, 1.82) is 0 Å². The molecule has 11 heteroatoms. The van der Waals surface area contributed by atoms with Crippen LogP contribution >= 0.6 is 0 Å². The molecule has 5 unspecified atom stereocenters. The number of benzene rings is 2. The van der Waals surface area contributed by atoms with Crippen molar-refractivity contribution >= 4 is 17.8 Å². The standard InChI is InChI=1S/C38H49N5O6/c1-22(2)27-20-24(36(45)42(5)15-9-14-41(3)4)12-13-30(27)43-31(34-32(48-6)10-8-11-33(34)49-7)21-29(40-43)35(44)39-38(37(46)47)26-17-23-16-25(19-26)28(38)18-23/h8,10-13,20-23,25-26,28H,9,14-19H2,1-7H3,(H,39,44)(H,46,47). The lowest BCUT2D eigenvalue weighted by atomic mass is 9.70. The van der Waals surface area contributed by atoms with Crippen LogP contribution < -0.4 is 14.8 Å². The van der Waals surface area contributed by atoms with Gasteiger partial charge in [-0.25, -0.2) is 9.48 Å². The molecule has 49 heavy (non-hydrogen) atoms. The number of aromatic nitrogens is 2. The maximum Gasteiger partial charge on any atom is 0.330 e. The Hall–Kier alpha value is -4.38. The van der Waals surface area contributed by atoms with E-state index in [0.717, 1.165) is 44.2 Å². The van der Waals surface area contributed by atoms with Crippen molar-refractivity contribution in [3.05, 3.63) is 59.3 Å². The molecule has 2 amide bonds. The van der Waals surface area contributed by atoms with Crippen molar-refractivity contribution in [2.75, 3.05) is 48.5 Å². The first-order chi connectivity index (χ1) is 23.4. The van der Waals surface area contributed by atoms with Crippen molar-refractivity contribution in [3.8, 4) is 28.4 Å². The predicted octanol–water partition coefficient (Wildman–Crippen LogP) is 5.32. The Bertz CT molecular complexity index is 1720. The van der Waals surface area contributed by atoms with Crippen molar-refractivity contribution < 1.29 is 29.0 Å². The first kappa shape index (κ1) is 34.5. The number of carbonyl (C=O) groups is 3. The first-order valence-corrected chi connectivity index (χ1v) is 17.3. The monoisotopic (exact) mass is 671 g/mol. The Morgan fingerprint density at radius 1 is 1.00 bits per heavy atom. The number of amides is 2. The second-order valence-corrected chi connectivity index (χ2v) is 14.7. The number of nitrogens with one attached hydrogen (secondary N) is 1. The van der Waals surface area contributed by atoms with Gasteiger partial charge in [-0.05, 0) is 124 Å². The summed E-state index contributed by atoms with van der Waals surface area (Å²) < 4.78 is 13.2. The fourth-order valence-corrected chi connectivity index (χ4v) is 8.87. The molecule has 4 fully saturated rings. The highest BCUT2D eigenvalue weighted by Gasteiger charge is 2.67. The lowest BCUT2D eigenvalue weighted by Gasteiger charge is -2.41. The molecular formula is C38H49N5O6. The summed E-state index contributed by atoms with van der Waals surface area (Å²) in [7, 11) is 8.99. The van der Waals surface area contributed by atoms with E-state index in [9.17, 15) is 19.5 Å². The molecule has 11 nitrogen and oxygen atoms in total. The third-order valence-corrected chi connectivity index (χ3v) is 11.1. The van der Waals surface area contributed by atoms with Crippen LogP contribution in [-0.2, 0) is 4.79 Å². The number of carbonyl (C=O) groups excluding carboxylic acids is 2. The first-order valence-electron chi connectivity index (χ1n) is 17.3. The molecule has 2 aromatic carbocycles. The van der Waals surface area contributed by atoms with Gasteiger partial charge < -0.3 is 29.7 Å². The molecule has 4 saturated carbocycles. The fraction of sp³-hybridized carbons (Fsp3) is 0.526. The molecular weight excluding hydrogens is 622 g/mol. The Morgan fingerprint density at radius 2 is 1.71 bits per heavy atom. The number of rotatable bonds is 13. The van der Waals surface area contributed by atoms with E-state index >= 15 is 0 Å². The Morgan fingerprint density at radius 3 is 2.33 bits per heavy atom. The highest BCUT2D eigenvalue weighted by Crippen LogP contribution is 2.63. The summed E-state index contributed by atoms with van der Waals surface area (Å²) in [5, 5.41) is 18.5. The van der Waals surface area contributed by atoms with E-state index in [2.05, 4.69) is 24.1 Å². The number of hydrogen-bond donors (Lipinski definition) is 2. The number of ether oxygens (including phenoxy) is 2. The van der Waals surface area contributed by atoms with Crippen LogP contribution in [-0.4, -0.2) is 96.5 Å². The fourth-order valence-electron chi connectivity index (χ4n) is 8.87. The number of aliphatic carboxylic acids is 1. The zero-order chi connectivity index (χ0) is 35.2. The minimum Gasteiger partial charge on any atom is -0.496 e. The van der Waals surface area contributed by atoms with Crippen molar-refractivity contribution in [2.45, 2.75) is 57.4 Å².